The molecule has 0 aliphatic heterocycles. The minimum atomic E-state index is -0.693. The third-order valence-corrected chi connectivity index (χ3v) is 0.744. The first-order chi connectivity index (χ1) is 3.27. The molecular weight excluding hydrogens is 249 g/mol. The molecule has 0 fully saturated rings. The van der Waals surface area contributed by atoms with Crippen LogP contribution in [0.25, 0.3) is 0 Å². The summed E-state index contributed by atoms with van der Waals surface area (Å²) in [5, 5.41) is 8.04. The Labute approximate surface area is 81.3 Å². The number of hydrogen-bond acceptors (Lipinski definition) is 1. The Balaban J connectivity index is 0. The van der Waals surface area contributed by atoms with E-state index < -0.39 is 5.97 Å². The molecule has 0 aromatic rings. The first kappa shape index (κ1) is 11.6. The molecule has 0 unspecified atom stereocenters. The molecule has 0 aliphatic carbocycles. The summed E-state index contributed by atoms with van der Waals surface area (Å²) >= 11 is 0. The minimum absolute atomic E-state index is 0. The fraction of sp³-hybridized carbons (Fsp3) is 0.800. The molecule has 0 radical (unpaired) electrons. The van der Waals surface area contributed by atoms with E-state index in [2.05, 4.69) is 0 Å². The van der Waals surface area contributed by atoms with Gasteiger partial charge in [0, 0.05) is 46.4 Å². The maximum Gasteiger partial charge on any atom is 0.303 e. The second-order valence-electron chi connectivity index (χ2n) is 1.50. The van der Waals surface area contributed by atoms with Crippen LogP contribution in [0, 0.1) is 39.9 Å². The zero-order valence-electron chi connectivity index (χ0n) is 4.83. The number of rotatable bonds is 3. The Morgan fingerprint density at radius 3 is 2.25 bits per heavy atom. The van der Waals surface area contributed by atoms with Crippen LogP contribution in [-0.4, -0.2) is 11.1 Å². The number of carboxylic acid groups (broad SMARTS) is 1. The van der Waals surface area contributed by atoms with Gasteiger partial charge in [-0.05, 0) is 6.42 Å². The SMILES string of the molecule is CCCCC(=O)O.[Gd]. The summed E-state index contributed by atoms with van der Waals surface area (Å²) in [6.45, 7) is 1.98. The summed E-state index contributed by atoms with van der Waals surface area (Å²) in [5.41, 5.74) is 0. The summed E-state index contributed by atoms with van der Waals surface area (Å²) in [6, 6.07) is 0. The van der Waals surface area contributed by atoms with Gasteiger partial charge in [-0.25, -0.2) is 0 Å². The average Bonchev–Trinajstić information content (AvgIpc) is 1.61. The van der Waals surface area contributed by atoms with Crippen molar-refractivity contribution in [2.45, 2.75) is 26.2 Å². The van der Waals surface area contributed by atoms with Crippen molar-refractivity contribution in [3.8, 4) is 0 Å². The number of carboxylic acids is 1. The van der Waals surface area contributed by atoms with Gasteiger partial charge in [0.25, 0.3) is 0 Å². The molecule has 2 nitrogen and oxygen atoms in total. The summed E-state index contributed by atoms with van der Waals surface area (Å²) in [5.74, 6) is -0.693. The largest absolute Gasteiger partial charge is 0.481 e. The summed E-state index contributed by atoms with van der Waals surface area (Å²) in [4.78, 5) is 9.76. The van der Waals surface area contributed by atoms with E-state index in [-0.39, 0.29) is 39.9 Å². The maximum atomic E-state index is 9.76. The van der Waals surface area contributed by atoms with Gasteiger partial charge in [-0.1, -0.05) is 13.3 Å². The van der Waals surface area contributed by atoms with Crippen molar-refractivity contribution in [2.24, 2.45) is 0 Å². The van der Waals surface area contributed by atoms with Gasteiger partial charge in [-0.2, -0.15) is 0 Å². The van der Waals surface area contributed by atoms with Gasteiger partial charge in [0.15, 0.2) is 0 Å². The van der Waals surface area contributed by atoms with Crippen molar-refractivity contribution >= 4 is 5.97 Å². The molecule has 0 aliphatic rings. The van der Waals surface area contributed by atoms with Crippen LogP contribution in [0.4, 0.5) is 0 Å². The van der Waals surface area contributed by atoms with Crippen LogP contribution < -0.4 is 0 Å². The molecule has 0 saturated carbocycles. The van der Waals surface area contributed by atoms with Gasteiger partial charge in [-0.15, -0.1) is 0 Å². The van der Waals surface area contributed by atoms with Crippen LogP contribution in [-0.2, 0) is 4.79 Å². The molecule has 0 atom stereocenters. The molecule has 0 spiro atoms. The molecule has 0 saturated heterocycles. The average molecular weight is 259 g/mol. The molecule has 0 rings (SSSR count). The Morgan fingerprint density at radius 1 is 1.62 bits per heavy atom. The fourth-order valence-corrected chi connectivity index (χ4v) is 0.328. The molecule has 0 amide bonds. The van der Waals surface area contributed by atoms with E-state index >= 15 is 0 Å². The normalized spacial score (nSPS) is 7.62. The second-order valence-corrected chi connectivity index (χ2v) is 1.50. The second kappa shape index (κ2) is 7.79. The molecule has 0 aromatic heterocycles. The van der Waals surface area contributed by atoms with Crippen molar-refractivity contribution in [1.82, 2.24) is 0 Å². The Morgan fingerprint density at radius 2 is 2.12 bits per heavy atom. The first-order valence-electron chi connectivity index (χ1n) is 2.49. The van der Waals surface area contributed by atoms with E-state index in [1.54, 1.807) is 0 Å². The number of aliphatic carboxylic acids is 1. The van der Waals surface area contributed by atoms with Crippen LogP contribution in [0.15, 0.2) is 0 Å². The van der Waals surface area contributed by atoms with Crippen molar-refractivity contribution in [1.29, 1.82) is 0 Å². The van der Waals surface area contributed by atoms with Crippen molar-refractivity contribution in [2.75, 3.05) is 0 Å². The predicted molar refractivity (Wildman–Crippen MR) is 27.2 cm³/mol. The van der Waals surface area contributed by atoms with E-state index in [0.29, 0.717) is 6.42 Å². The number of hydrogen-bond donors (Lipinski definition) is 1. The third-order valence-electron chi connectivity index (χ3n) is 0.744. The maximum absolute atomic E-state index is 9.76. The molecule has 3 heteroatoms. The quantitative estimate of drug-likeness (QED) is 0.828. The minimum Gasteiger partial charge on any atom is -0.481 e. The van der Waals surface area contributed by atoms with E-state index in [1.165, 1.54) is 0 Å². The molecule has 0 heterocycles. The summed E-state index contributed by atoms with van der Waals surface area (Å²) in [7, 11) is 0. The third kappa shape index (κ3) is 9.92. The van der Waals surface area contributed by atoms with Crippen molar-refractivity contribution < 1.29 is 49.8 Å². The Kier molecular flexibility index (Phi) is 11.3. The van der Waals surface area contributed by atoms with E-state index in [0.717, 1.165) is 12.8 Å². The summed E-state index contributed by atoms with van der Waals surface area (Å²) < 4.78 is 0. The first-order valence-corrected chi connectivity index (χ1v) is 2.49. The molecular formula is C5H10GdO2. The van der Waals surface area contributed by atoms with Crippen molar-refractivity contribution in [3.05, 3.63) is 0 Å². The van der Waals surface area contributed by atoms with E-state index in [1.807, 2.05) is 6.92 Å². The monoisotopic (exact) mass is 260 g/mol. The van der Waals surface area contributed by atoms with Gasteiger partial charge in [0.05, 0.1) is 0 Å². The van der Waals surface area contributed by atoms with Crippen LogP contribution in [0.5, 0.6) is 0 Å². The Bertz CT molecular complexity index is 63.4. The predicted octanol–water partition coefficient (Wildman–Crippen LogP) is 1.26. The smallest absolute Gasteiger partial charge is 0.303 e. The zero-order valence-corrected chi connectivity index (χ0v) is 7.10. The molecule has 1 N–H and O–H groups in total. The Hall–Kier alpha value is 0.795. The number of carbonyl (C=O) groups is 1. The standard InChI is InChI=1S/C5H10O2.Gd/c1-2-3-4-5(6)7;/h2-4H2,1H3,(H,6,7);. The molecule has 0 aromatic carbocycles. The zero-order chi connectivity index (χ0) is 5.70. The molecule has 8 heavy (non-hydrogen) atoms. The van der Waals surface area contributed by atoms with Gasteiger partial charge in [-0.3, -0.25) is 4.79 Å². The summed E-state index contributed by atoms with van der Waals surface area (Å²) in [6.07, 6.45) is 2.08. The van der Waals surface area contributed by atoms with Gasteiger partial charge in [0.2, 0.25) is 0 Å². The fourth-order valence-electron chi connectivity index (χ4n) is 0.328. The van der Waals surface area contributed by atoms with E-state index in [9.17, 15) is 4.79 Å². The number of unbranched alkanes of at least 4 members (excludes halogenated alkanes) is 1. The van der Waals surface area contributed by atoms with Crippen LogP contribution in [0.1, 0.15) is 26.2 Å². The van der Waals surface area contributed by atoms with Gasteiger partial charge in [0.1, 0.15) is 0 Å². The van der Waals surface area contributed by atoms with Gasteiger partial charge < -0.3 is 5.11 Å². The van der Waals surface area contributed by atoms with Crippen LogP contribution >= 0.6 is 0 Å². The molecule has 50 valence electrons. The molecule has 0 bridgehead atoms. The van der Waals surface area contributed by atoms with Crippen LogP contribution in [0.2, 0.25) is 0 Å². The van der Waals surface area contributed by atoms with Crippen molar-refractivity contribution in [3.63, 3.8) is 0 Å². The van der Waals surface area contributed by atoms with Crippen LogP contribution in [0.3, 0.4) is 0 Å². The topological polar surface area (TPSA) is 37.3 Å². The van der Waals surface area contributed by atoms with Gasteiger partial charge >= 0.3 is 5.97 Å². The van der Waals surface area contributed by atoms with E-state index in [4.69, 9.17) is 5.11 Å².